The fourth-order valence-corrected chi connectivity index (χ4v) is 2.80. The Morgan fingerprint density at radius 3 is 2.74 bits per heavy atom. The molecule has 0 aliphatic heterocycles. The normalized spacial score (nSPS) is 11.4. The van der Waals surface area contributed by atoms with Crippen molar-refractivity contribution in [2.75, 3.05) is 13.1 Å². The molecule has 0 atom stereocenters. The van der Waals surface area contributed by atoms with Crippen molar-refractivity contribution in [1.82, 2.24) is 10.6 Å². The molecule has 0 aliphatic rings. The number of amides is 1. The molecular weight excluding hydrogens is 328 g/mol. The number of rotatable bonds is 6. The number of nitrogens with one attached hydrogen (secondary N) is 2. The molecule has 1 aromatic heterocycles. The minimum atomic E-state index is -0.436. The molecule has 1 aromatic rings. The average molecular weight is 349 g/mol. The molecular formula is C13H21BrN2O2S. The lowest BCUT2D eigenvalue weighted by atomic mass is 10.2. The first-order valence-corrected chi connectivity index (χ1v) is 7.94. The Balaban J connectivity index is 2.01. The summed E-state index contributed by atoms with van der Waals surface area (Å²) in [6.45, 7) is 7.91. The van der Waals surface area contributed by atoms with Crippen molar-refractivity contribution in [1.29, 1.82) is 0 Å². The SMILES string of the molecule is CC(C)(C)OC(=O)NCCCNCc1cc(Br)cs1. The zero-order chi connectivity index (χ0) is 14.3. The van der Waals surface area contributed by atoms with E-state index in [1.807, 2.05) is 20.8 Å². The van der Waals surface area contributed by atoms with Crippen molar-refractivity contribution < 1.29 is 9.53 Å². The molecule has 0 aromatic carbocycles. The minimum absolute atomic E-state index is 0.352. The minimum Gasteiger partial charge on any atom is -0.444 e. The van der Waals surface area contributed by atoms with Gasteiger partial charge < -0.3 is 15.4 Å². The Morgan fingerprint density at radius 1 is 1.42 bits per heavy atom. The van der Waals surface area contributed by atoms with E-state index in [2.05, 4.69) is 38.0 Å². The van der Waals surface area contributed by atoms with E-state index in [9.17, 15) is 4.79 Å². The van der Waals surface area contributed by atoms with Crippen LogP contribution in [0, 0.1) is 0 Å². The maximum Gasteiger partial charge on any atom is 0.407 e. The van der Waals surface area contributed by atoms with E-state index in [0.29, 0.717) is 6.54 Å². The second kappa shape index (κ2) is 7.87. The van der Waals surface area contributed by atoms with E-state index in [-0.39, 0.29) is 6.09 Å². The first kappa shape index (κ1) is 16.5. The maximum absolute atomic E-state index is 11.4. The lowest BCUT2D eigenvalue weighted by Gasteiger charge is -2.19. The number of halogens is 1. The summed E-state index contributed by atoms with van der Waals surface area (Å²) in [4.78, 5) is 12.7. The van der Waals surface area contributed by atoms with Gasteiger partial charge in [0, 0.05) is 27.8 Å². The summed E-state index contributed by atoms with van der Waals surface area (Å²) in [6, 6.07) is 2.11. The molecule has 0 saturated carbocycles. The van der Waals surface area contributed by atoms with E-state index in [0.717, 1.165) is 24.0 Å². The summed E-state index contributed by atoms with van der Waals surface area (Å²) in [5.41, 5.74) is -0.436. The highest BCUT2D eigenvalue weighted by Crippen LogP contribution is 2.19. The molecule has 0 aliphatic carbocycles. The van der Waals surface area contributed by atoms with Gasteiger partial charge in [0.2, 0.25) is 0 Å². The average Bonchev–Trinajstić information content (AvgIpc) is 2.67. The van der Waals surface area contributed by atoms with Crippen LogP contribution in [-0.4, -0.2) is 24.8 Å². The lowest BCUT2D eigenvalue weighted by molar-refractivity contribution is 0.0527. The zero-order valence-corrected chi connectivity index (χ0v) is 14.0. The van der Waals surface area contributed by atoms with Crippen LogP contribution >= 0.6 is 27.3 Å². The predicted molar refractivity (Wildman–Crippen MR) is 82.6 cm³/mol. The van der Waals surface area contributed by atoms with Crippen molar-refractivity contribution >= 4 is 33.4 Å². The number of carbonyl (C=O) groups excluding carboxylic acids is 1. The highest BCUT2D eigenvalue weighted by atomic mass is 79.9. The molecule has 1 rings (SSSR count). The van der Waals surface area contributed by atoms with Crippen LogP contribution in [-0.2, 0) is 11.3 Å². The van der Waals surface area contributed by atoms with Crippen LogP contribution in [0.3, 0.4) is 0 Å². The third-order valence-electron chi connectivity index (χ3n) is 2.12. The van der Waals surface area contributed by atoms with Crippen molar-refractivity contribution in [3.05, 3.63) is 20.8 Å². The molecule has 0 spiro atoms. The van der Waals surface area contributed by atoms with Gasteiger partial charge in [-0.15, -0.1) is 11.3 Å². The summed E-state index contributed by atoms with van der Waals surface area (Å²) >= 11 is 5.15. The van der Waals surface area contributed by atoms with Crippen molar-refractivity contribution in [3.63, 3.8) is 0 Å². The van der Waals surface area contributed by atoms with Gasteiger partial charge in [-0.05, 0) is 55.7 Å². The van der Waals surface area contributed by atoms with Gasteiger partial charge in [-0.2, -0.15) is 0 Å². The molecule has 2 N–H and O–H groups in total. The van der Waals surface area contributed by atoms with Crippen LogP contribution in [0.15, 0.2) is 15.9 Å². The standard InChI is InChI=1S/C13H21BrN2O2S/c1-13(2,3)18-12(17)16-6-4-5-15-8-11-7-10(14)9-19-11/h7,9,15H,4-6,8H2,1-3H3,(H,16,17). The predicted octanol–water partition coefficient (Wildman–Crippen LogP) is 3.52. The smallest absolute Gasteiger partial charge is 0.407 e. The molecule has 1 heterocycles. The first-order chi connectivity index (χ1) is 8.87. The van der Waals surface area contributed by atoms with Crippen LogP contribution in [0.25, 0.3) is 0 Å². The highest BCUT2D eigenvalue weighted by Gasteiger charge is 2.15. The fraction of sp³-hybridized carbons (Fsp3) is 0.615. The quantitative estimate of drug-likeness (QED) is 0.773. The number of hydrogen-bond acceptors (Lipinski definition) is 4. The van der Waals surface area contributed by atoms with E-state index < -0.39 is 5.60 Å². The van der Waals surface area contributed by atoms with Gasteiger partial charge in [0.25, 0.3) is 0 Å². The molecule has 0 radical (unpaired) electrons. The number of ether oxygens (including phenoxy) is 1. The summed E-state index contributed by atoms with van der Waals surface area (Å²) in [7, 11) is 0. The van der Waals surface area contributed by atoms with E-state index >= 15 is 0 Å². The molecule has 0 saturated heterocycles. The van der Waals surface area contributed by atoms with E-state index in [1.165, 1.54) is 4.88 Å². The van der Waals surface area contributed by atoms with Gasteiger partial charge >= 0.3 is 6.09 Å². The van der Waals surface area contributed by atoms with Gasteiger partial charge in [-0.25, -0.2) is 4.79 Å². The molecule has 1 amide bonds. The number of thiophene rings is 1. The summed E-state index contributed by atoms with van der Waals surface area (Å²) < 4.78 is 6.27. The summed E-state index contributed by atoms with van der Waals surface area (Å²) in [5.74, 6) is 0. The Bertz CT molecular complexity index is 402. The van der Waals surface area contributed by atoms with E-state index in [1.54, 1.807) is 11.3 Å². The van der Waals surface area contributed by atoms with Gasteiger partial charge in [-0.3, -0.25) is 0 Å². The third kappa shape index (κ3) is 8.23. The molecule has 4 nitrogen and oxygen atoms in total. The van der Waals surface area contributed by atoms with Crippen LogP contribution in [0.4, 0.5) is 4.79 Å². The van der Waals surface area contributed by atoms with Gasteiger partial charge in [0.05, 0.1) is 0 Å². The van der Waals surface area contributed by atoms with Crippen LogP contribution in [0.5, 0.6) is 0 Å². The number of carbonyl (C=O) groups is 1. The van der Waals surface area contributed by atoms with Gasteiger partial charge in [0.15, 0.2) is 0 Å². The van der Waals surface area contributed by atoms with Crippen LogP contribution in [0.2, 0.25) is 0 Å². The van der Waals surface area contributed by atoms with Gasteiger partial charge in [-0.1, -0.05) is 0 Å². The Hall–Kier alpha value is -0.590. The number of hydrogen-bond donors (Lipinski definition) is 2. The van der Waals surface area contributed by atoms with Crippen LogP contribution in [0.1, 0.15) is 32.1 Å². The first-order valence-electron chi connectivity index (χ1n) is 6.27. The molecule has 0 unspecified atom stereocenters. The lowest BCUT2D eigenvalue weighted by Crippen LogP contribution is -2.33. The molecule has 19 heavy (non-hydrogen) atoms. The Labute approximate surface area is 127 Å². The Morgan fingerprint density at radius 2 is 2.16 bits per heavy atom. The van der Waals surface area contributed by atoms with Gasteiger partial charge in [0.1, 0.15) is 5.60 Å². The molecule has 0 bridgehead atoms. The summed E-state index contributed by atoms with van der Waals surface area (Å²) in [5, 5.41) is 8.14. The second-order valence-electron chi connectivity index (χ2n) is 5.19. The largest absolute Gasteiger partial charge is 0.444 e. The monoisotopic (exact) mass is 348 g/mol. The third-order valence-corrected chi connectivity index (χ3v) is 3.82. The van der Waals surface area contributed by atoms with E-state index in [4.69, 9.17) is 4.74 Å². The van der Waals surface area contributed by atoms with Crippen molar-refractivity contribution in [2.45, 2.75) is 39.3 Å². The molecule has 108 valence electrons. The summed E-state index contributed by atoms with van der Waals surface area (Å²) in [6.07, 6.45) is 0.529. The Kier molecular flexibility index (Phi) is 6.82. The molecule has 0 fully saturated rings. The second-order valence-corrected chi connectivity index (χ2v) is 7.10. The fourth-order valence-electron chi connectivity index (χ4n) is 1.38. The highest BCUT2D eigenvalue weighted by molar-refractivity contribution is 9.10. The van der Waals surface area contributed by atoms with Crippen LogP contribution < -0.4 is 10.6 Å². The molecule has 6 heteroatoms. The number of alkyl carbamates (subject to hydrolysis) is 1. The topological polar surface area (TPSA) is 50.4 Å². The zero-order valence-electron chi connectivity index (χ0n) is 11.6. The maximum atomic E-state index is 11.4. The van der Waals surface area contributed by atoms with Crippen molar-refractivity contribution in [2.24, 2.45) is 0 Å². The van der Waals surface area contributed by atoms with Crippen molar-refractivity contribution in [3.8, 4) is 0 Å².